The molecule has 2 N–H and O–H groups in total. The summed E-state index contributed by atoms with van der Waals surface area (Å²) >= 11 is 0. The van der Waals surface area contributed by atoms with Gasteiger partial charge < -0.3 is 5.32 Å². The van der Waals surface area contributed by atoms with E-state index in [0.717, 1.165) is 62.6 Å². The Hall–Kier alpha value is -2.97. The number of H-pyrrole nitrogens is 1. The number of aryl methyl sites for hydroxylation is 3. The van der Waals surface area contributed by atoms with Crippen LogP contribution in [0.15, 0.2) is 21.9 Å². The lowest BCUT2D eigenvalue weighted by Gasteiger charge is -2.30. The van der Waals surface area contributed by atoms with Gasteiger partial charge in [0.15, 0.2) is 5.65 Å². The highest BCUT2D eigenvalue weighted by molar-refractivity contribution is 5.74. The largest absolute Gasteiger partial charge is 0.353 e. The predicted octanol–water partition coefficient (Wildman–Crippen LogP) is 1.69. The Morgan fingerprint density at radius 1 is 1.14 bits per heavy atom. The molecule has 5 rings (SSSR count). The SMILES string of the molecule is Cn1ncc2c(=O)[nH]c(NC3CCC(n4nc5c(cc4=O)CCCC5)CC3)nc21. The van der Waals surface area contributed by atoms with Gasteiger partial charge in [-0.05, 0) is 56.9 Å². The Balaban J connectivity index is 1.29. The summed E-state index contributed by atoms with van der Waals surface area (Å²) in [4.78, 5) is 32.1. The van der Waals surface area contributed by atoms with E-state index in [1.165, 1.54) is 6.20 Å². The van der Waals surface area contributed by atoms with E-state index < -0.39 is 0 Å². The van der Waals surface area contributed by atoms with Crippen LogP contribution >= 0.6 is 0 Å². The van der Waals surface area contributed by atoms with Crippen molar-refractivity contribution in [1.82, 2.24) is 29.5 Å². The van der Waals surface area contributed by atoms with Gasteiger partial charge in [0.05, 0.1) is 17.9 Å². The average Bonchev–Trinajstić information content (AvgIpc) is 3.09. The smallest absolute Gasteiger partial charge is 0.267 e. The zero-order chi connectivity index (χ0) is 20.0. The van der Waals surface area contributed by atoms with Crippen molar-refractivity contribution in [3.63, 3.8) is 0 Å². The van der Waals surface area contributed by atoms with E-state index in [2.05, 4.69) is 20.4 Å². The van der Waals surface area contributed by atoms with Crippen molar-refractivity contribution in [2.75, 3.05) is 5.32 Å². The molecular weight excluding hydrogens is 370 g/mol. The fraction of sp³-hybridized carbons (Fsp3) is 0.550. The quantitative estimate of drug-likeness (QED) is 0.698. The molecule has 0 spiro atoms. The van der Waals surface area contributed by atoms with E-state index >= 15 is 0 Å². The van der Waals surface area contributed by atoms with E-state index in [-0.39, 0.29) is 23.2 Å². The van der Waals surface area contributed by atoms with Crippen molar-refractivity contribution in [3.8, 4) is 0 Å². The average molecular weight is 395 g/mol. The van der Waals surface area contributed by atoms with Crippen LogP contribution in [0.5, 0.6) is 0 Å². The molecule has 1 saturated carbocycles. The van der Waals surface area contributed by atoms with Crippen LogP contribution in [0.4, 0.5) is 5.95 Å². The topological polar surface area (TPSA) is 110 Å². The predicted molar refractivity (Wildman–Crippen MR) is 109 cm³/mol. The monoisotopic (exact) mass is 395 g/mol. The summed E-state index contributed by atoms with van der Waals surface area (Å²) in [6, 6.07) is 2.14. The summed E-state index contributed by atoms with van der Waals surface area (Å²) in [5.74, 6) is 0.471. The number of anilines is 1. The second-order valence-electron chi connectivity index (χ2n) is 8.18. The molecule has 9 heteroatoms. The maximum Gasteiger partial charge on any atom is 0.267 e. The van der Waals surface area contributed by atoms with Crippen LogP contribution in [-0.4, -0.2) is 35.6 Å². The van der Waals surface area contributed by atoms with E-state index in [4.69, 9.17) is 5.10 Å². The first-order valence-corrected chi connectivity index (χ1v) is 10.4. The van der Waals surface area contributed by atoms with Gasteiger partial charge in [-0.1, -0.05) is 0 Å². The first kappa shape index (κ1) is 18.1. The Kier molecular flexibility index (Phi) is 4.44. The van der Waals surface area contributed by atoms with Gasteiger partial charge in [-0.25, -0.2) is 4.68 Å². The lowest BCUT2D eigenvalue weighted by Crippen LogP contribution is -2.35. The van der Waals surface area contributed by atoms with Crippen molar-refractivity contribution < 1.29 is 0 Å². The van der Waals surface area contributed by atoms with Gasteiger partial charge in [0.25, 0.3) is 11.1 Å². The number of nitrogens with zero attached hydrogens (tertiary/aromatic N) is 5. The van der Waals surface area contributed by atoms with Gasteiger partial charge in [0.1, 0.15) is 5.39 Å². The normalized spacial score (nSPS) is 21.8. The van der Waals surface area contributed by atoms with E-state index in [1.807, 2.05) is 0 Å². The number of aromatic amines is 1. The van der Waals surface area contributed by atoms with E-state index in [9.17, 15) is 9.59 Å². The van der Waals surface area contributed by atoms with Crippen LogP contribution in [0.1, 0.15) is 55.8 Å². The first-order chi connectivity index (χ1) is 14.1. The van der Waals surface area contributed by atoms with Gasteiger partial charge in [0.2, 0.25) is 5.95 Å². The van der Waals surface area contributed by atoms with Crippen LogP contribution in [0.25, 0.3) is 11.0 Å². The van der Waals surface area contributed by atoms with Gasteiger partial charge in [-0.15, -0.1) is 0 Å². The molecule has 0 saturated heterocycles. The minimum atomic E-state index is -0.191. The third-order valence-corrected chi connectivity index (χ3v) is 6.22. The summed E-state index contributed by atoms with van der Waals surface area (Å²) in [5.41, 5.74) is 2.63. The lowest BCUT2D eigenvalue weighted by molar-refractivity contribution is 0.300. The Bertz CT molecular complexity index is 1170. The molecule has 29 heavy (non-hydrogen) atoms. The summed E-state index contributed by atoms with van der Waals surface area (Å²) in [6.45, 7) is 0. The van der Waals surface area contributed by atoms with Crippen molar-refractivity contribution in [2.45, 2.75) is 63.5 Å². The molecule has 3 heterocycles. The molecule has 3 aromatic heterocycles. The highest BCUT2D eigenvalue weighted by atomic mass is 16.1. The molecule has 3 aromatic rings. The van der Waals surface area contributed by atoms with E-state index in [1.54, 1.807) is 22.5 Å². The summed E-state index contributed by atoms with van der Waals surface area (Å²) in [7, 11) is 1.77. The summed E-state index contributed by atoms with van der Waals surface area (Å²) in [5, 5.41) is 12.6. The fourth-order valence-corrected chi connectivity index (χ4v) is 4.60. The number of fused-ring (bicyclic) bond motifs is 2. The Labute approximate surface area is 167 Å². The Morgan fingerprint density at radius 2 is 1.93 bits per heavy atom. The van der Waals surface area contributed by atoms with Crippen LogP contribution in [0.2, 0.25) is 0 Å². The van der Waals surface area contributed by atoms with Gasteiger partial charge in [0, 0.05) is 19.2 Å². The second kappa shape index (κ2) is 7.13. The van der Waals surface area contributed by atoms with E-state index in [0.29, 0.717) is 17.0 Å². The highest BCUT2D eigenvalue weighted by Gasteiger charge is 2.25. The van der Waals surface area contributed by atoms with Gasteiger partial charge >= 0.3 is 0 Å². The maximum absolute atomic E-state index is 12.6. The first-order valence-electron chi connectivity index (χ1n) is 10.4. The van der Waals surface area contributed by atoms with Crippen molar-refractivity contribution in [3.05, 3.63) is 44.2 Å². The molecule has 0 radical (unpaired) electrons. The molecule has 0 atom stereocenters. The number of hydrogen-bond donors (Lipinski definition) is 2. The zero-order valence-electron chi connectivity index (χ0n) is 16.5. The van der Waals surface area contributed by atoms with Gasteiger partial charge in [-0.2, -0.15) is 15.2 Å². The number of nitrogens with one attached hydrogen (secondary N) is 2. The molecule has 0 unspecified atom stereocenters. The maximum atomic E-state index is 12.6. The third kappa shape index (κ3) is 3.34. The molecule has 0 amide bonds. The molecule has 2 aliphatic rings. The standard InChI is InChI=1S/C20H25N7O2/c1-26-18-15(11-21-26)19(29)24-20(23-18)22-13-6-8-14(9-7-13)27-17(28)10-12-4-2-3-5-16(12)25-27/h10-11,13-14H,2-9H2,1H3,(H2,22,23,24,29). The molecule has 0 aliphatic heterocycles. The summed E-state index contributed by atoms with van der Waals surface area (Å²) in [6.07, 6.45) is 9.31. The molecule has 9 nitrogen and oxygen atoms in total. The van der Waals surface area contributed by atoms with Crippen molar-refractivity contribution in [2.24, 2.45) is 7.05 Å². The molecular formula is C20H25N7O2. The van der Waals surface area contributed by atoms with Crippen LogP contribution in [0.3, 0.4) is 0 Å². The molecule has 0 bridgehead atoms. The highest BCUT2D eigenvalue weighted by Crippen LogP contribution is 2.29. The van der Waals surface area contributed by atoms with Gasteiger partial charge in [-0.3, -0.25) is 19.3 Å². The second-order valence-corrected chi connectivity index (χ2v) is 8.18. The molecule has 2 aliphatic carbocycles. The van der Waals surface area contributed by atoms with Crippen LogP contribution in [0, 0.1) is 0 Å². The lowest BCUT2D eigenvalue weighted by atomic mass is 9.91. The van der Waals surface area contributed by atoms with Crippen molar-refractivity contribution >= 4 is 17.0 Å². The Morgan fingerprint density at radius 3 is 2.76 bits per heavy atom. The fourth-order valence-electron chi connectivity index (χ4n) is 4.60. The van der Waals surface area contributed by atoms with Crippen LogP contribution in [-0.2, 0) is 19.9 Å². The summed E-state index contributed by atoms with van der Waals surface area (Å²) < 4.78 is 3.31. The molecule has 1 fully saturated rings. The van der Waals surface area contributed by atoms with Crippen molar-refractivity contribution in [1.29, 1.82) is 0 Å². The minimum Gasteiger partial charge on any atom is -0.353 e. The number of aromatic nitrogens is 6. The van der Waals surface area contributed by atoms with Crippen LogP contribution < -0.4 is 16.4 Å². The minimum absolute atomic E-state index is 0.0229. The molecule has 0 aromatic carbocycles. The number of rotatable bonds is 3. The zero-order valence-corrected chi connectivity index (χ0v) is 16.5. The number of hydrogen-bond acceptors (Lipinski definition) is 6. The third-order valence-electron chi connectivity index (χ3n) is 6.22. The molecule has 152 valence electrons.